The zero-order valence-electron chi connectivity index (χ0n) is 8.07. The van der Waals surface area contributed by atoms with Gasteiger partial charge in [0.2, 0.25) is 0 Å². The maximum Gasteiger partial charge on any atom is 0.180 e. The smallest absolute Gasteiger partial charge is 0.180 e. The Morgan fingerprint density at radius 2 is 2.31 bits per heavy atom. The molecule has 0 amide bonds. The molecule has 0 aromatic carbocycles. The Morgan fingerprint density at radius 1 is 1.44 bits per heavy atom. The molecule has 6 heteroatoms. The number of hydrogen-bond donors (Lipinski definition) is 2. The number of hydrogen-bond acceptors (Lipinski definition) is 4. The molecule has 0 aliphatic heterocycles. The van der Waals surface area contributed by atoms with Crippen molar-refractivity contribution in [3.8, 4) is 11.3 Å². The average Bonchev–Trinajstić information content (AvgIpc) is 2.84. The number of nitrogen functional groups attached to an aromatic ring is 1. The molecule has 0 unspecified atom stereocenters. The third-order valence-corrected chi connectivity index (χ3v) is 2.99. The number of halogens is 1. The van der Waals surface area contributed by atoms with Crippen LogP contribution in [0.25, 0.3) is 22.3 Å². The third kappa shape index (κ3) is 1.27. The number of aromatic amines is 1. The summed E-state index contributed by atoms with van der Waals surface area (Å²) >= 11 is 1.33. The van der Waals surface area contributed by atoms with Gasteiger partial charge in [-0.3, -0.25) is 0 Å². The van der Waals surface area contributed by atoms with Gasteiger partial charge in [-0.15, -0.1) is 11.3 Å². The molecule has 4 nitrogen and oxygen atoms in total. The summed E-state index contributed by atoms with van der Waals surface area (Å²) in [5.41, 5.74) is 7.43. The summed E-state index contributed by atoms with van der Waals surface area (Å²) in [6, 6.07) is 1.33. The predicted molar refractivity (Wildman–Crippen MR) is 61.6 cm³/mol. The van der Waals surface area contributed by atoms with E-state index in [1.807, 2.05) is 0 Å². The van der Waals surface area contributed by atoms with Crippen LogP contribution in [0, 0.1) is 5.82 Å². The van der Waals surface area contributed by atoms with Gasteiger partial charge in [0.25, 0.3) is 0 Å². The van der Waals surface area contributed by atoms with Gasteiger partial charge in [-0.2, -0.15) is 0 Å². The summed E-state index contributed by atoms with van der Waals surface area (Å²) in [4.78, 5) is 11.1. The van der Waals surface area contributed by atoms with E-state index in [0.717, 1.165) is 0 Å². The Bertz CT molecular complexity index is 658. The molecule has 0 spiro atoms. The fourth-order valence-corrected chi connectivity index (χ4v) is 2.19. The summed E-state index contributed by atoms with van der Waals surface area (Å²) in [6.45, 7) is 0. The van der Waals surface area contributed by atoms with Gasteiger partial charge in [0.05, 0.1) is 11.1 Å². The Morgan fingerprint density at radius 3 is 3.06 bits per heavy atom. The van der Waals surface area contributed by atoms with Gasteiger partial charge >= 0.3 is 0 Å². The van der Waals surface area contributed by atoms with Crippen LogP contribution in [0.15, 0.2) is 23.8 Å². The van der Waals surface area contributed by atoms with Crippen molar-refractivity contribution in [2.45, 2.75) is 0 Å². The average molecular weight is 234 g/mol. The number of rotatable bonds is 1. The van der Waals surface area contributed by atoms with Gasteiger partial charge in [-0.25, -0.2) is 14.4 Å². The van der Waals surface area contributed by atoms with E-state index in [0.29, 0.717) is 27.4 Å². The summed E-state index contributed by atoms with van der Waals surface area (Å²) in [5.74, 6) is -0.312. The zero-order valence-corrected chi connectivity index (χ0v) is 8.88. The highest BCUT2D eigenvalue weighted by Crippen LogP contribution is 2.30. The zero-order chi connectivity index (χ0) is 11.1. The largest absolute Gasteiger partial charge is 0.375 e. The molecule has 3 heterocycles. The monoisotopic (exact) mass is 234 g/mol. The second-order valence-electron chi connectivity index (χ2n) is 3.29. The Kier molecular flexibility index (Phi) is 1.90. The molecule has 3 N–H and O–H groups in total. The maximum atomic E-state index is 13.7. The summed E-state index contributed by atoms with van der Waals surface area (Å²) in [6.07, 6.45) is 3.11. The van der Waals surface area contributed by atoms with Crippen molar-refractivity contribution in [1.82, 2.24) is 15.0 Å². The van der Waals surface area contributed by atoms with Crippen molar-refractivity contribution in [2.75, 3.05) is 5.73 Å². The lowest BCUT2D eigenvalue weighted by Crippen LogP contribution is -1.84. The molecule has 3 rings (SSSR count). The second-order valence-corrected chi connectivity index (χ2v) is 4.18. The molecule has 0 saturated carbocycles. The first kappa shape index (κ1) is 9.29. The molecule has 0 aliphatic rings. The van der Waals surface area contributed by atoms with Crippen molar-refractivity contribution in [2.24, 2.45) is 0 Å². The third-order valence-electron chi connectivity index (χ3n) is 2.32. The minimum atomic E-state index is -0.312. The van der Waals surface area contributed by atoms with E-state index in [4.69, 9.17) is 5.73 Å². The van der Waals surface area contributed by atoms with Gasteiger partial charge in [-0.1, -0.05) is 0 Å². The fraction of sp³-hybridized carbons (Fsp3) is 0. The van der Waals surface area contributed by atoms with Crippen molar-refractivity contribution in [3.63, 3.8) is 0 Å². The summed E-state index contributed by atoms with van der Waals surface area (Å²) in [7, 11) is 0. The standard InChI is InChI=1S/C10H7FN4S/c11-6-1-2-13-9-8(6)5(3-14-9)7-4-16-10(12)15-7/h1-4H,(H2,12,15)(H,13,14). The second kappa shape index (κ2) is 3.28. The topological polar surface area (TPSA) is 67.6 Å². The van der Waals surface area contributed by atoms with Crippen LogP contribution in [0.3, 0.4) is 0 Å². The molecule has 16 heavy (non-hydrogen) atoms. The van der Waals surface area contributed by atoms with E-state index in [-0.39, 0.29) is 5.82 Å². The molecule has 0 bridgehead atoms. The van der Waals surface area contributed by atoms with E-state index in [1.54, 1.807) is 11.6 Å². The first-order valence-electron chi connectivity index (χ1n) is 4.58. The number of anilines is 1. The van der Waals surface area contributed by atoms with Crippen molar-refractivity contribution >= 4 is 27.5 Å². The minimum absolute atomic E-state index is 0.312. The fourth-order valence-electron chi connectivity index (χ4n) is 1.63. The molecule has 0 saturated heterocycles. The maximum absolute atomic E-state index is 13.7. The number of pyridine rings is 1. The minimum Gasteiger partial charge on any atom is -0.375 e. The van der Waals surface area contributed by atoms with Gasteiger partial charge in [0.15, 0.2) is 5.13 Å². The normalized spacial score (nSPS) is 11.1. The lowest BCUT2D eigenvalue weighted by Gasteiger charge is -1.95. The number of fused-ring (bicyclic) bond motifs is 1. The van der Waals surface area contributed by atoms with Crippen molar-refractivity contribution < 1.29 is 4.39 Å². The highest BCUT2D eigenvalue weighted by molar-refractivity contribution is 7.13. The van der Waals surface area contributed by atoms with Gasteiger partial charge in [0, 0.05) is 23.3 Å². The van der Waals surface area contributed by atoms with Crippen molar-refractivity contribution in [3.05, 3.63) is 29.7 Å². The van der Waals surface area contributed by atoms with Crippen LogP contribution in [0.5, 0.6) is 0 Å². The lowest BCUT2D eigenvalue weighted by molar-refractivity contribution is 0.639. The summed E-state index contributed by atoms with van der Waals surface area (Å²) in [5, 5.41) is 2.71. The SMILES string of the molecule is Nc1nc(-c2c[nH]c3nccc(F)c23)cs1. The first-order chi connectivity index (χ1) is 7.75. The number of H-pyrrole nitrogens is 1. The molecule has 3 aromatic rings. The van der Waals surface area contributed by atoms with Gasteiger partial charge < -0.3 is 10.7 Å². The van der Waals surface area contributed by atoms with Gasteiger partial charge in [-0.05, 0) is 6.07 Å². The van der Waals surface area contributed by atoms with E-state index in [9.17, 15) is 4.39 Å². The highest BCUT2D eigenvalue weighted by atomic mass is 32.1. The Hall–Kier alpha value is -1.95. The summed E-state index contributed by atoms with van der Waals surface area (Å²) < 4.78 is 13.7. The number of nitrogens with two attached hydrogens (primary N) is 1. The highest BCUT2D eigenvalue weighted by Gasteiger charge is 2.13. The Balaban J connectivity index is 2.32. The molecule has 0 aliphatic carbocycles. The Labute approximate surface area is 94.0 Å². The van der Waals surface area contributed by atoms with E-state index >= 15 is 0 Å². The van der Waals surface area contributed by atoms with Crippen LogP contribution >= 0.6 is 11.3 Å². The number of nitrogens with one attached hydrogen (secondary N) is 1. The van der Waals surface area contributed by atoms with Crippen molar-refractivity contribution in [1.29, 1.82) is 0 Å². The van der Waals surface area contributed by atoms with E-state index in [1.165, 1.54) is 23.6 Å². The van der Waals surface area contributed by atoms with Crippen LogP contribution in [0.2, 0.25) is 0 Å². The number of aromatic nitrogens is 3. The molecular formula is C10H7FN4S. The molecular weight excluding hydrogens is 227 g/mol. The van der Waals surface area contributed by atoms with Crippen LogP contribution in [0.1, 0.15) is 0 Å². The van der Waals surface area contributed by atoms with E-state index in [2.05, 4.69) is 15.0 Å². The number of thiazole rings is 1. The quantitative estimate of drug-likeness (QED) is 0.679. The van der Waals surface area contributed by atoms with Crippen LogP contribution < -0.4 is 5.73 Å². The number of nitrogens with zero attached hydrogens (tertiary/aromatic N) is 2. The van der Waals surface area contributed by atoms with Gasteiger partial charge in [0.1, 0.15) is 11.5 Å². The lowest BCUT2D eigenvalue weighted by atomic mass is 10.2. The first-order valence-corrected chi connectivity index (χ1v) is 5.46. The van der Waals surface area contributed by atoms with Crippen LogP contribution in [0.4, 0.5) is 9.52 Å². The van der Waals surface area contributed by atoms with Crippen LogP contribution in [-0.2, 0) is 0 Å². The molecule has 0 atom stereocenters. The predicted octanol–water partition coefficient (Wildman–Crippen LogP) is 2.41. The molecule has 3 aromatic heterocycles. The molecule has 80 valence electrons. The molecule has 0 fully saturated rings. The van der Waals surface area contributed by atoms with Crippen LogP contribution in [-0.4, -0.2) is 15.0 Å². The molecule has 0 radical (unpaired) electrons. The van der Waals surface area contributed by atoms with E-state index < -0.39 is 0 Å².